The summed E-state index contributed by atoms with van der Waals surface area (Å²) < 4.78 is 33.2. The number of alkyl halides is 2. The van der Waals surface area contributed by atoms with E-state index in [1.54, 1.807) is 42.8 Å². The summed E-state index contributed by atoms with van der Waals surface area (Å²) in [6.07, 6.45) is 0.524. The third kappa shape index (κ3) is 3.86. The van der Waals surface area contributed by atoms with Crippen LogP contribution in [0.15, 0.2) is 77.2 Å². The maximum atomic E-state index is 17.5. The number of thioether (sulfide) groups is 1. The van der Waals surface area contributed by atoms with Gasteiger partial charge in [-0.25, -0.2) is 13.6 Å². The molecule has 7 nitrogen and oxygen atoms in total. The molecule has 0 amide bonds. The average Bonchev–Trinajstić information content (AvgIpc) is 3.49. The van der Waals surface area contributed by atoms with E-state index in [1.807, 2.05) is 36.4 Å². The summed E-state index contributed by atoms with van der Waals surface area (Å²) in [4.78, 5) is 32.7. The third-order valence-electron chi connectivity index (χ3n) is 11.4. The van der Waals surface area contributed by atoms with Crippen LogP contribution in [0.4, 0.5) is 14.5 Å². The number of benzene rings is 2. The molecule has 0 spiro atoms. The van der Waals surface area contributed by atoms with Gasteiger partial charge in [0.15, 0.2) is 11.5 Å². The molecule has 1 saturated heterocycles. The molecule has 0 unspecified atom stereocenters. The van der Waals surface area contributed by atoms with Crippen molar-refractivity contribution < 1.29 is 38.5 Å². The minimum atomic E-state index is -2.27. The predicted molar refractivity (Wildman–Crippen MR) is 160 cm³/mol. The highest BCUT2D eigenvalue weighted by atomic mass is 32.2. The Balaban J connectivity index is 1.16. The zero-order valence-electron chi connectivity index (χ0n) is 24.5. The number of rotatable bonds is 5. The Bertz CT molecular complexity index is 1580. The van der Waals surface area contributed by atoms with Crippen molar-refractivity contribution in [1.82, 2.24) is 0 Å². The molecule has 7 rings (SSSR count). The topological polar surface area (TPSA) is 107 Å². The van der Waals surface area contributed by atoms with Gasteiger partial charge in [-0.3, -0.25) is 14.7 Å². The van der Waals surface area contributed by atoms with Crippen LogP contribution in [0.2, 0.25) is 0 Å². The lowest BCUT2D eigenvalue weighted by Gasteiger charge is -2.62. The zero-order valence-corrected chi connectivity index (χ0v) is 25.3. The van der Waals surface area contributed by atoms with Gasteiger partial charge in [-0.2, -0.15) is 0 Å². The molecule has 4 fully saturated rings. The van der Waals surface area contributed by atoms with Crippen molar-refractivity contribution in [2.24, 2.45) is 28.6 Å². The number of anilines is 1. The minimum Gasteiger partial charge on any atom is -0.508 e. The van der Waals surface area contributed by atoms with Crippen LogP contribution in [0.5, 0.6) is 5.75 Å². The van der Waals surface area contributed by atoms with Crippen molar-refractivity contribution in [2.75, 3.05) is 11.6 Å². The highest BCUT2D eigenvalue weighted by Crippen LogP contribution is 2.72. The number of carbonyl (C=O) groups is 2. The first-order valence-electron chi connectivity index (χ1n) is 15.0. The second-order valence-electron chi connectivity index (χ2n) is 13.4. The van der Waals surface area contributed by atoms with E-state index in [1.165, 1.54) is 12.2 Å². The highest BCUT2D eigenvalue weighted by Gasteiger charge is 2.80. The van der Waals surface area contributed by atoms with Crippen molar-refractivity contribution in [2.45, 2.75) is 67.3 Å². The number of phenolic OH excluding ortho intramolecular Hbond substituents is 1. The number of fused-ring (bicyclic) bond motifs is 7. The fourth-order valence-corrected chi connectivity index (χ4v) is 10.1. The fourth-order valence-electron chi connectivity index (χ4n) is 9.23. The second-order valence-corrected chi connectivity index (χ2v) is 14.5. The number of carboxylic acid groups (broad SMARTS) is 1. The molecule has 3 saturated carbocycles. The molecular weight excluding hydrogens is 588 g/mol. The Morgan fingerprint density at radius 3 is 2.48 bits per heavy atom. The van der Waals surface area contributed by atoms with E-state index in [9.17, 15) is 24.9 Å². The van der Waals surface area contributed by atoms with Gasteiger partial charge in [0.05, 0.1) is 18.3 Å². The van der Waals surface area contributed by atoms with Crippen LogP contribution in [0, 0.1) is 28.6 Å². The number of carbonyl (C=O) groups excluding carboxylic acids is 1. The number of nitrogens with zero attached hydrogens (tertiary/aromatic N) is 1. The van der Waals surface area contributed by atoms with Gasteiger partial charge in [-0.15, -0.1) is 11.8 Å². The number of aliphatic hydroxyl groups excluding tert-OH is 1. The SMILES string of the molecule is C[C@]12C=CC(=O)C=C1[C@@H](F)C[C@H]1[C@@H]3C[C@H]4CN(c5ccc(CSc6ccc(O)cc6)cc5)O[C@@]4(C(=O)O)[C@@]3(C)C[C@H](O)[C@@]12F. The van der Waals surface area contributed by atoms with E-state index in [4.69, 9.17) is 4.84 Å². The number of aliphatic carboxylic acids is 1. The van der Waals surface area contributed by atoms with Crippen LogP contribution >= 0.6 is 11.8 Å². The van der Waals surface area contributed by atoms with E-state index in [2.05, 4.69) is 0 Å². The summed E-state index contributed by atoms with van der Waals surface area (Å²) in [5, 5.41) is 33.4. The van der Waals surface area contributed by atoms with Crippen LogP contribution in [-0.2, 0) is 20.2 Å². The molecular formula is C34H35F2NO6S. The second kappa shape index (κ2) is 9.89. The maximum Gasteiger partial charge on any atom is 0.339 e. The highest BCUT2D eigenvalue weighted by molar-refractivity contribution is 7.98. The minimum absolute atomic E-state index is 0.0462. The van der Waals surface area contributed by atoms with Gasteiger partial charge in [0.2, 0.25) is 5.60 Å². The van der Waals surface area contributed by atoms with Gasteiger partial charge in [-0.05, 0) is 91.8 Å². The summed E-state index contributed by atoms with van der Waals surface area (Å²) in [7, 11) is 0. The van der Waals surface area contributed by atoms with Gasteiger partial charge in [0, 0.05) is 33.3 Å². The van der Waals surface area contributed by atoms with Crippen molar-refractivity contribution in [3.8, 4) is 5.75 Å². The van der Waals surface area contributed by atoms with Crippen LogP contribution in [0.3, 0.4) is 0 Å². The normalized spacial score (nSPS) is 40.6. The quantitative estimate of drug-likeness (QED) is 0.359. The Morgan fingerprint density at radius 2 is 1.80 bits per heavy atom. The number of halogens is 2. The Hall–Kier alpha value is -3.21. The number of hydrogen-bond acceptors (Lipinski definition) is 7. The lowest BCUT2D eigenvalue weighted by atomic mass is 9.44. The first-order valence-corrected chi connectivity index (χ1v) is 16.0. The summed E-state index contributed by atoms with van der Waals surface area (Å²) in [5.41, 5.74) is -4.90. The van der Waals surface area contributed by atoms with Crippen LogP contribution in [0.1, 0.15) is 38.7 Å². The molecule has 2 aromatic rings. The Labute approximate surface area is 258 Å². The summed E-state index contributed by atoms with van der Waals surface area (Å²) in [5.74, 6) is -2.69. The summed E-state index contributed by atoms with van der Waals surface area (Å²) >= 11 is 1.63. The average molecular weight is 624 g/mol. The van der Waals surface area contributed by atoms with Crippen molar-refractivity contribution in [3.05, 3.63) is 77.9 Å². The zero-order chi connectivity index (χ0) is 31.2. The van der Waals surface area contributed by atoms with E-state index in [-0.39, 0.29) is 30.7 Å². The van der Waals surface area contributed by atoms with Crippen molar-refractivity contribution in [1.29, 1.82) is 0 Å². The summed E-state index contributed by atoms with van der Waals surface area (Å²) in [6, 6.07) is 14.7. The third-order valence-corrected chi connectivity index (χ3v) is 12.5. The monoisotopic (exact) mass is 623 g/mol. The molecule has 2 aromatic carbocycles. The smallest absolute Gasteiger partial charge is 0.339 e. The molecule has 5 aliphatic rings. The van der Waals surface area contributed by atoms with Gasteiger partial charge in [0.1, 0.15) is 11.9 Å². The van der Waals surface area contributed by atoms with Crippen LogP contribution in [0.25, 0.3) is 0 Å². The molecule has 0 radical (unpaired) electrons. The van der Waals surface area contributed by atoms with Gasteiger partial charge >= 0.3 is 5.97 Å². The standard InChI is InChI=1S/C34H35F2NO6S/c1-31-12-11-23(39)14-27(31)28(35)15-26-25-13-20-17-37(43-34(20,30(41)42)32(25,2)16-29(40)33(26,31)36)21-5-3-19(4-6-21)18-44-24-9-7-22(38)8-10-24/h3-12,14,20,25-26,28-29,38,40H,13,15-18H2,1-2H3,(H,41,42)/t20-,25-,26-,28-,29-,31-,32-,33-,34-/m0/s1. The number of ketones is 1. The molecule has 4 aliphatic carbocycles. The van der Waals surface area contributed by atoms with Crippen LogP contribution < -0.4 is 5.06 Å². The predicted octanol–water partition coefficient (Wildman–Crippen LogP) is 5.80. The first-order chi connectivity index (χ1) is 20.8. The number of hydrogen-bond donors (Lipinski definition) is 3. The summed E-state index contributed by atoms with van der Waals surface area (Å²) in [6.45, 7) is 3.56. The van der Waals surface area contributed by atoms with E-state index in [0.717, 1.165) is 16.5 Å². The molecule has 9 atom stereocenters. The molecule has 0 bridgehead atoms. The number of carboxylic acids is 1. The van der Waals surface area contributed by atoms with Gasteiger partial charge in [-0.1, -0.05) is 25.1 Å². The molecule has 10 heteroatoms. The molecule has 1 heterocycles. The van der Waals surface area contributed by atoms with Crippen molar-refractivity contribution in [3.63, 3.8) is 0 Å². The first kappa shape index (κ1) is 29.5. The maximum absolute atomic E-state index is 17.5. The number of phenols is 1. The molecule has 3 N–H and O–H groups in total. The fraction of sp³-hybridized carbons (Fsp3) is 0.471. The molecule has 1 aliphatic heterocycles. The molecule has 0 aromatic heterocycles. The molecule has 44 heavy (non-hydrogen) atoms. The molecule has 232 valence electrons. The van der Waals surface area contributed by atoms with E-state index in [0.29, 0.717) is 17.9 Å². The Morgan fingerprint density at radius 1 is 1.09 bits per heavy atom. The number of allylic oxidation sites excluding steroid dienone is 4. The van der Waals surface area contributed by atoms with E-state index >= 15 is 8.78 Å². The lowest BCUT2D eigenvalue weighted by molar-refractivity contribution is -0.233. The van der Waals surface area contributed by atoms with Gasteiger partial charge in [0.25, 0.3) is 0 Å². The largest absolute Gasteiger partial charge is 0.508 e. The number of aromatic hydroxyl groups is 1. The number of aliphatic hydroxyl groups is 1. The van der Waals surface area contributed by atoms with Crippen LogP contribution in [-0.4, -0.2) is 57.2 Å². The van der Waals surface area contributed by atoms with Crippen molar-refractivity contribution >= 4 is 29.2 Å². The number of hydroxylamine groups is 1. The van der Waals surface area contributed by atoms with E-state index < -0.39 is 63.9 Å². The van der Waals surface area contributed by atoms with Gasteiger partial charge < -0.3 is 15.3 Å². The lowest BCUT2D eigenvalue weighted by Crippen LogP contribution is -2.70. The Kier molecular flexibility index (Phi) is 6.63.